The van der Waals surface area contributed by atoms with Crippen molar-refractivity contribution in [1.82, 2.24) is 4.98 Å². The third-order valence-corrected chi connectivity index (χ3v) is 3.87. The Labute approximate surface area is 133 Å². The molecule has 0 aliphatic rings. The van der Waals surface area contributed by atoms with Gasteiger partial charge in [-0.05, 0) is 25.2 Å². The second kappa shape index (κ2) is 12.8. The van der Waals surface area contributed by atoms with Gasteiger partial charge in [-0.2, -0.15) is 0 Å². The molecular weight excluding hydrogens is 286 g/mol. The molecule has 0 radical (unpaired) electrons. The Morgan fingerprint density at radius 2 is 1.90 bits per heavy atom. The average Bonchev–Trinajstić information content (AvgIpc) is 2.94. The molecule has 0 aliphatic heterocycles. The fourth-order valence-corrected chi connectivity index (χ4v) is 2.15. The Kier molecular flexibility index (Phi) is 13.6. The summed E-state index contributed by atoms with van der Waals surface area (Å²) in [5.74, 6) is 1.11. The van der Waals surface area contributed by atoms with E-state index in [9.17, 15) is 5.11 Å². The van der Waals surface area contributed by atoms with Crippen LogP contribution in [-0.4, -0.2) is 23.7 Å². The molecule has 1 aromatic rings. The van der Waals surface area contributed by atoms with Crippen LogP contribution in [0.3, 0.4) is 0 Å². The number of rotatable bonds is 5. The highest BCUT2D eigenvalue weighted by Crippen LogP contribution is 2.31. The summed E-state index contributed by atoms with van der Waals surface area (Å²) in [7, 11) is 1.31. The van der Waals surface area contributed by atoms with E-state index in [1.807, 2.05) is 12.3 Å². The summed E-state index contributed by atoms with van der Waals surface area (Å²) in [4.78, 5) is 13.1. The maximum atomic E-state index is 10.2. The Bertz CT molecular complexity index is 337. The van der Waals surface area contributed by atoms with Gasteiger partial charge in [0.15, 0.2) is 0 Å². The lowest BCUT2D eigenvalue weighted by molar-refractivity contribution is -0.126. The molecule has 0 unspecified atom stereocenters. The molecular formula is C16H31NO3S. The van der Waals surface area contributed by atoms with Crippen LogP contribution in [0, 0.1) is 11.8 Å². The third-order valence-electron chi connectivity index (χ3n) is 2.85. The van der Waals surface area contributed by atoms with Crippen molar-refractivity contribution in [2.75, 3.05) is 7.11 Å². The van der Waals surface area contributed by atoms with Crippen LogP contribution in [-0.2, 0) is 15.1 Å². The molecule has 0 aliphatic carbocycles. The minimum atomic E-state index is -0.766. The van der Waals surface area contributed by atoms with Gasteiger partial charge in [0, 0.05) is 11.6 Å². The van der Waals surface area contributed by atoms with Crippen molar-refractivity contribution in [2.45, 2.75) is 60.0 Å². The van der Waals surface area contributed by atoms with Gasteiger partial charge in [0.05, 0.1) is 7.11 Å². The molecule has 5 heteroatoms. The number of carbonyl (C=O) groups excluding carboxylic acids is 1. The van der Waals surface area contributed by atoms with E-state index in [-0.39, 0.29) is 0 Å². The molecule has 21 heavy (non-hydrogen) atoms. The number of aromatic nitrogens is 1. The fourth-order valence-electron chi connectivity index (χ4n) is 1.44. The monoisotopic (exact) mass is 317 g/mol. The molecule has 0 saturated heterocycles. The number of carbonyl (C=O) groups is 1. The van der Waals surface area contributed by atoms with Gasteiger partial charge in [0.1, 0.15) is 10.6 Å². The molecule has 0 bridgehead atoms. The van der Waals surface area contributed by atoms with Crippen molar-refractivity contribution >= 4 is 17.8 Å². The number of hydrogen-bond acceptors (Lipinski definition) is 5. The molecule has 1 rings (SSSR count). The van der Waals surface area contributed by atoms with Gasteiger partial charge in [-0.1, -0.05) is 41.0 Å². The van der Waals surface area contributed by atoms with E-state index in [1.54, 1.807) is 6.20 Å². The Morgan fingerprint density at radius 1 is 1.43 bits per heavy atom. The van der Waals surface area contributed by atoms with Gasteiger partial charge in [0.2, 0.25) is 0 Å². The molecule has 124 valence electrons. The first-order valence-electron chi connectivity index (χ1n) is 7.35. The molecule has 2 atom stereocenters. The summed E-state index contributed by atoms with van der Waals surface area (Å²) in [6.45, 7) is 13.0. The van der Waals surface area contributed by atoms with Crippen LogP contribution in [0.1, 0.15) is 59.4 Å². The summed E-state index contributed by atoms with van der Waals surface area (Å²) >= 11 is 1.52. The Balaban J connectivity index is 0. The molecule has 4 nitrogen and oxygen atoms in total. The second-order valence-corrected chi connectivity index (χ2v) is 6.47. The number of methoxy groups -OCH3 is 1. The first-order valence-corrected chi connectivity index (χ1v) is 8.23. The van der Waals surface area contributed by atoms with Gasteiger partial charge in [0.25, 0.3) is 6.47 Å². The highest BCUT2D eigenvalue weighted by Gasteiger charge is 2.28. The molecule has 0 amide bonds. The highest BCUT2D eigenvalue weighted by atomic mass is 32.1. The highest BCUT2D eigenvalue weighted by molar-refractivity contribution is 7.09. The van der Waals surface area contributed by atoms with Crippen molar-refractivity contribution in [2.24, 2.45) is 11.8 Å². The molecule has 1 heterocycles. The summed E-state index contributed by atoms with van der Waals surface area (Å²) < 4.78 is 3.86. The normalized spacial score (nSPS) is 14.0. The summed E-state index contributed by atoms with van der Waals surface area (Å²) in [5, 5.41) is 13.0. The molecule has 0 fully saturated rings. The van der Waals surface area contributed by atoms with Crippen LogP contribution in [0.15, 0.2) is 11.6 Å². The predicted molar refractivity (Wildman–Crippen MR) is 89.3 cm³/mol. The van der Waals surface area contributed by atoms with Crippen LogP contribution in [0.4, 0.5) is 0 Å². The van der Waals surface area contributed by atoms with E-state index < -0.39 is 5.60 Å². The van der Waals surface area contributed by atoms with Crippen molar-refractivity contribution < 1.29 is 14.6 Å². The van der Waals surface area contributed by atoms with Gasteiger partial charge >= 0.3 is 0 Å². The quantitative estimate of drug-likeness (QED) is 0.825. The second-order valence-electron chi connectivity index (χ2n) is 5.58. The SMILES string of the molecule is CC(C)[C@H](C)C[C@@](C)(O)c1nccs1.CCC.COC=O. The van der Waals surface area contributed by atoms with E-state index in [2.05, 4.69) is 44.3 Å². The fraction of sp³-hybridized carbons (Fsp3) is 0.750. The van der Waals surface area contributed by atoms with Gasteiger partial charge in [-0.25, -0.2) is 4.98 Å². The van der Waals surface area contributed by atoms with Crippen LogP contribution in [0.2, 0.25) is 0 Å². The maximum absolute atomic E-state index is 10.2. The predicted octanol–water partition coefficient (Wildman–Crippen LogP) is 4.24. The number of ether oxygens (including phenoxy) is 1. The zero-order valence-corrected chi connectivity index (χ0v) is 15.2. The van der Waals surface area contributed by atoms with Crippen LogP contribution >= 0.6 is 11.3 Å². The maximum Gasteiger partial charge on any atom is 0.292 e. The van der Waals surface area contributed by atoms with Crippen molar-refractivity contribution in [1.29, 1.82) is 0 Å². The number of thiazole rings is 1. The van der Waals surface area contributed by atoms with Crippen LogP contribution < -0.4 is 0 Å². The van der Waals surface area contributed by atoms with E-state index in [4.69, 9.17) is 4.79 Å². The first kappa shape index (κ1) is 22.3. The number of aliphatic hydroxyl groups is 1. The van der Waals surface area contributed by atoms with Crippen LogP contribution in [0.25, 0.3) is 0 Å². The lowest BCUT2D eigenvalue weighted by Crippen LogP contribution is -2.25. The van der Waals surface area contributed by atoms with E-state index in [0.29, 0.717) is 18.3 Å². The minimum absolute atomic E-state index is 0.375. The molecule has 1 aromatic heterocycles. The van der Waals surface area contributed by atoms with Crippen molar-refractivity contribution in [3.63, 3.8) is 0 Å². The average molecular weight is 317 g/mol. The first-order chi connectivity index (χ1) is 9.76. The molecule has 1 N–H and O–H groups in total. The Morgan fingerprint density at radius 3 is 2.19 bits per heavy atom. The molecule has 0 saturated carbocycles. The minimum Gasteiger partial charge on any atom is -0.471 e. The van der Waals surface area contributed by atoms with Crippen molar-refractivity contribution in [3.05, 3.63) is 16.6 Å². The number of nitrogens with zero attached hydrogens (tertiary/aromatic N) is 1. The molecule has 0 spiro atoms. The summed E-state index contributed by atoms with van der Waals surface area (Å²) in [5.41, 5.74) is -0.766. The number of hydrogen-bond donors (Lipinski definition) is 1. The topological polar surface area (TPSA) is 59.4 Å². The van der Waals surface area contributed by atoms with E-state index >= 15 is 0 Å². The zero-order valence-electron chi connectivity index (χ0n) is 14.4. The standard InChI is InChI=1S/C11H19NOS.C3H8.C2H4O2/c1-8(2)9(3)7-11(4,13)10-12-5-6-14-10;1-3-2;1-4-2-3/h5-6,8-9,13H,7H2,1-4H3;3H2,1-2H3;2H,1H3/t9-,11-;;/m1../s1. The summed E-state index contributed by atoms with van der Waals surface area (Å²) in [6, 6.07) is 0. The molecule has 0 aromatic carbocycles. The van der Waals surface area contributed by atoms with Crippen molar-refractivity contribution in [3.8, 4) is 0 Å². The zero-order chi connectivity index (χ0) is 16.9. The van der Waals surface area contributed by atoms with Gasteiger partial charge in [-0.15, -0.1) is 11.3 Å². The van der Waals surface area contributed by atoms with Crippen LogP contribution in [0.5, 0.6) is 0 Å². The summed E-state index contributed by atoms with van der Waals surface area (Å²) in [6.07, 6.45) is 3.77. The lowest BCUT2D eigenvalue weighted by Gasteiger charge is -2.26. The lowest BCUT2D eigenvalue weighted by atomic mass is 9.86. The third kappa shape index (κ3) is 11.4. The smallest absolute Gasteiger partial charge is 0.292 e. The largest absolute Gasteiger partial charge is 0.471 e. The Hall–Kier alpha value is -0.940. The van der Waals surface area contributed by atoms with E-state index in [0.717, 1.165) is 11.4 Å². The van der Waals surface area contributed by atoms with Gasteiger partial charge in [-0.3, -0.25) is 4.79 Å². The van der Waals surface area contributed by atoms with E-state index in [1.165, 1.54) is 24.9 Å². The van der Waals surface area contributed by atoms with Gasteiger partial charge < -0.3 is 9.84 Å².